The second-order valence-corrected chi connectivity index (χ2v) is 6.15. The maximum Gasteiger partial charge on any atom is 0.412 e. The number of carbonyl (C=O) groups excluding carboxylic acids is 2. The summed E-state index contributed by atoms with van der Waals surface area (Å²) in [5.74, 6) is -0.277. The van der Waals surface area contributed by atoms with Gasteiger partial charge in [-0.05, 0) is 52.0 Å². The molecule has 0 aliphatic heterocycles. The van der Waals surface area contributed by atoms with Crippen LogP contribution in [0.4, 0.5) is 10.5 Å². The van der Waals surface area contributed by atoms with Gasteiger partial charge in [-0.1, -0.05) is 0 Å². The van der Waals surface area contributed by atoms with Crippen molar-refractivity contribution in [3.05, 3.63) is 30.5 Å². The van der Waals surface area contributed by atoms with E-state index in [1.54, 1.807) is 13.0 Å². The normalized spacial score (nSPS) is 11.3. The Labute approximate surface area is 135 Å². The number of carbonyl (C=O) groups is 2. The summed E-state index contributed by atoms with van der Waals surface area (Å²) >= 11 is 0. The summed E-state index contributed by atoms with van der Waals surface area (Å²) < 4.78 is 12.0. The first-order valence-electron chi connectivity index (χ1n) is 7.53. The molecular formula is C17H22N2O4. The first-order valence-corrected chi connectivity index (χ1v) is 7.53. The highest BCUT2D eigenvalue weighted by molar-refractivity contribution is 5.90. The van der Waals surface area contributed by atoms with Crippen LogP contribution < -0.4 is 5.32 Å². The van der Waals surface area contributed by atoms with Gasteiger partial charge in [0.1, 0.15) is 12.1 Å². The number of fused-ring (bicyclic) bond motifs is 1. The molecule has 0 bridgehead atoms. The van der Waals surface area contributed by atoms with Crippen LogP contribution in [0.1, 0.15) is 27.7 Å². The first kappa shape index (κ1) is 16.9. The molecule has 2 rings (SSSR count). The lowest BCUT2D eigenvalue weighted by atomic mass is 10.2. The molecule has 0 unspecified atom stereocenters. The first-order chi connectivity index (χ1) is 10.8. The van der Waals surface area contributed by atoms with E-state index in [2.05, 4.69) is 5.32 Å². The largest absolute Gasteiger partial charge is 0.465 e. The van der Waals surface area contributed by atoms with Crippen molar-refractivity contribution in [1.82, 2.24) is 4.57 Å². The quantitative estimate of drug-likeness (QED) is 0.875. The summed E-state index contributed by atoms with van der Waals surface area (Å²) in [6.07, 6.45) is 1.32. The molecule has 0 aliphatic carbocycles. The van der Waals surface area contributed by atoms with E-state index >= 15 is 0 Å². The average Bonchev–Trinajstić information content (AvgIpc) is 2.79. The maximum absolute atomic E-state index is 11.8. The fourth-order valence-electron chi connectivity index (χ4n) is 2.18. The van der Waals surface area contributed by atoms with Gasteiger partial charge in [0.15, 0.2) is 0 Å². The Morgan fingerprint density at radius 1 is 1.22 bits per heavy atom. The maximum atomic E-state index is 11.8. The standard InChI is InChI=1S/C17H22N2O4/c1-5-22-15(20)11-19-9-8-12-10-13(6-7-14(12)19)18-16(21)23-17(2,3)4/h6-10H,5,11H2,1-4H3,(H,18,21). The van der Waals surface area contributed by atoms with Gasteiger partial charge in [0.25, 0.3) is 0 Å². The number of aromatic nitrogens is 1. The fourth-order valence-corrected chi connectivity index (χ4v) is 2.18. The summed E-state index contributed by atoms with van der Waals surface area (Å²) in [6, 6.07) is 7.34. The Balaban J connectivity index is 2.12. The van der Waals surface area contributed by atoms with Crippen molar-refractivity contribution in [2.45, 2.75) is 39.8 Å². The van der Waals surface area contributed by atoms with Crippen molar-refractivity contribution in [3.8, 4) is 0 Å². The van der Waals surface area contributed by atoms with E-state index in [9.17, 15) is 9.59 Å². The van der Waals surface area contributed by atoms with E-state index < -0.39 is 11.7 Å². The van der Waals surface area contributed by atoms with E-state index in [1.165, 1.54) is 0 Å². The minimum atomic E-state index is -0.544. The second kappa shape index (κ2) is 6.73. The number of benzene rings is 1. The zero-order valence-corrected chi connectivity index (χ0v) is 13.9. The Morgan fingerprint density at radius 3 is 2.61 bits per heavy atom. The molecule has 124 valence electrons. The number of anilines is 1. The third kappa shape index (κ3) is 4.74. The van der Waals surface area contributed by atoms with Crippen LogP contribution in [-0.4, -0.2) is 28.8 Å². The lowest BCUT2D eigenvalue weighted by Crippen LogP contribution is -2.27. The molecule has 1 heterocycles. The molecule has 0 spiro atoms. The number of rotatable bonds is 4. The topological polar surface area (TPSA) is 69.6 Å². The molecule has 0 fully saturated rings. The molecule has 0 saturated carbocycles. The molecule has 6 heteroatoms. The number of ether oxygens (including phenoxy) is 2. The van der Waals surface area contributed by atoms with Gasteiger partial charge in [-0.2, -0.15) is 0 Å². The van der Waals surface area contributed by atoms with Crippen LogP contribution in [0.25, 0.3) is 10.9 Å². The predicted octanol–water partition coefficient (Wildman–Crippen LogP) is 3.55. The van der Waals surface area contributed by atoms with E-state index in [4.69, 9.17) is 9.47 Å². The summed E-state index contributed by atoms with van der Waals surface area (Å²) in [7, 11) is 0. The molecule has 1 aromatic carbocycles. The Kier molecular flexibility index (Phi) is 4.93. The minimum absolute atomic E-state index is 0.163. The van der Waals surface area contributed by atoms with Gasteiger partial charge in [0.05, 0.1) is 6.61 Å². The highest BCUT2D eigenvalue weighted by Crippen LogP contribution is 2.21. The van der Waals surface area contributed by atoms with Crippen LogP contribution in [0.15, 0.2) is 30.5 Å². The summed E-state index contributed by atoms with van der Waals surface area (Å²) in [4.78, 5) is 23.4. The summed E-state index contributed by atoms with van der Waals surface area (Å²) in [6.45, 7) is 7.74. The number of nitrogens with one attached hydrogen (secondary N) is 1. The molecule has 1 N–H and O–H groups in total. The van der Waals surface area contributed by atoms with Gasteiger partial charge in [0, 0.05) is 22.8 Å². The van der Waals surface area contributed by atoms with E-state index in [0.717, 1.165) is 10.9 Å². The second-order valence-electron chi connectivity index (χ2n) is 6.15. The van der Waals surface area contributed by atoms with Crippen LogP contribution in [-0.2, 0) is 20.8 Å². The van der Waals surface area contributed by atoms with Crippen LogP contribution in [0, 0.1) is 0 Å². The summed E-state index contributed by atoms with van der Waals surface area (Å²) in [5.41, 5.74) is 0.991. The summed E-state index contributed by atoms with van der Waals surface area (Å²) in [5, 5.41) is 3.62. The molecule has 23 heavy (non-hydrogen) atoms. The SMILES string of the molecule is CCOC(=O)Cn1ccc2cc(NC(=O)OC(C)(C)C)ccc21. The highest BCUT2D eigenvalue weighted by Gasteiger charge is 2.16. The molecule has 6 nitrogen and oxygen atoms in total. The molecule has 1 amide bonds. The zero-order chi connectivity index (χ0) is 17.0. The van der Waals surface area contributed by atoms with Gasteiger partial charge in [-0.25, -0.2) is 4.79 Å². The van der Waals surface area contributed by atoms with E-state index in [-0.39, 0.29) is 12.5 Å². The highest BCUT2D eigenvalue weighted by atomic mass is 16.6. The molecule has 0 radical (unpaired) electrons. The number of esters is 1. The van der Waals surface area contributed by atoms with Gasteiger partial charge < -0.3 is 14.0 Å². The number of nitrogens with zero attached hydrogens (tertiary/aromatic N) is 1. The third-order valence-electron chi connectivity index (χ3n) is 3.02. The molecule has 1 aromatic heterocycles. The zero-order valence-electron chi connectivity index (χ0n) is 13.9. The van der Waals surface area contributed by atoms with Crippen molar-refractivity contribution >= 4 is 28.7 Å². The Morgan fingerprint density at radius 2 is 1.96 bits per heavy atom. The van der Waals surface area contributed by atoms with E-state index in [1.807, 2.05) is 49.7 Å². The van der Waals surface area contributed by atoms with Crippen LogP contribution in [0.2, 0.25) is 0 Å². The van der Waals surface area contributed by atoms with Crippen molar-refractivity contribution in [3.63, 3.8) is 0 Å². The fraction of sp³-hybridized carbons (Fsp3) is 0.412. The smallest absolute Gasteiger partial charge is 0.412 e. The molecule has 2 aromatic rings. The molecular weight excluding hydrogens is 296 g/mol. The Hall–Kier alpha value is -2.50. The average molecular weight is 318 g/mol. The van der Waals surface area contributed by atoms with E-state index in [0.29, 0.717) is 12.3 Å². The number of hydrogen-bond donors (Lipinski definition) is 1. The van der Waals surface area contributed by atoms with Gasteiger partial charge >= 0.3 is 12.1 Å². The van der Waals surface area contributed by atoms with Crippen molar-refractivity contribution in [2.75, 3.05) is 11.9 Å². The van der Waals surface area contributed by atoms with Gasteiger partial charge in [0.2, 0.25) is 0 Å². The molecule has 0 saturated heterocycles. The predicted molar refractivity (Wildman–Crippen MR) is 88.4 cm³/mol. The van der Waals surface area contributed by atoms with Crippen LogP contribution >= 0.6 is 0 Å². The van der Waals surface area contributed by atoms with Crippen LogP contribution in [0.5, 0.6) is 0 Å². The van der Waals surface area contributed by atoms with Crippen molar-refractivity contribution < 1.29 is 19.1 Å². The number of amides is 1. The van der Waals surface area contributed by atoms with Crippen molar-refractivity contribution in [2.24, 2.45) is 0 Å². The minimum Gasteiger partial charge on any atom is -0.465 e. The van der Waals surface area contributed by atoms with Gasteiger partial charge in [-0.3, -0.25) is 10.1 Å². The molecule has 0 aliphatic rings. The Bertz CT molecular complexity index is 713. The van der Waals surface area contributed by atoms with Gasteiger partial charge in [-0.15, -0.1) is 0 Å². The van der Waals surface area contributed by atoms with Crippen LogP contribution in [0.3, 0.4) is 0 Å². The number of hydrogen-bond acceptors (Lipinski definition) is 4. The monoisotopic (exact) mass is 318 g/mol. The lowest BCUT2D eigenvalue weighted by Gasteiger charge is -2.19. The third-order valence-corrected chi connectivity index (χ3v) is 3.02. The lowest BCUT2D eigenvalue weighted by molar-refractivity contribution is -0.143. The molecule has 0 atom stereocenters. The van der Waals surface area contributed by atoms with Crippen molar-refractivity contribution in [1.29, 1.82) is 0 Å².